The van der Waals surface area contributed by atoms with Crippen LogP contribution in [0.3, 0.4) is 0 Å². The van der Waals surface area contributed by atoms with Crippen molar-refractivity contribution in [3.63, 3.8) is 0 Å². The molecular formula is C17H20N2O2S. The summed E-state index contributed by atoms with van der Waals surface area (Å²) in [5, 5.41) is 0. The van der Waals surface area contributed by atoms with Crippen LogP contribution >= 0.6 is 11.8 Å². The summed E-state index contributed by atoms with van der Waals surface area (Å²) in [6.45, 7) is 6.06. The van der Waals surface area contributed by atoms with Crippen molar-refractivity contribution >= 4 is 27.7 Å². The minimum absolute atomic E-state index is 0.312. The first-order valence-corrected chi connectivity index (χ1v) is 8.33. The van der Waals surface area contributed by atoms with E-state index < -0.39 is 0 Å². The van der Waals surface area contributed by atoms with Crippen LogP contribution in [0.5, 0.6) is 11.6 Å². The van der Waals surface area contributed by atoms with Gasteiger partial charge in [-0.05, 0) is 39.3 Å². The molecule has 0 unspecified atom stereocenters. The van der Waals surface area contributed by atoms with Crippen LogP contribution in [0, 0.1) is 0 Å². The van der Waals surface area contributed by atoms with E-state index in [9.17, 15) is 0 Å². The Morgan fingerprint density at radius 3 is 2.59 bits per heavy atom. The van der Waals surface area contributed by atoms with E-state index in [4.69, 9.17) is 14.5 Å². The quantitative estimate of drug-likeness (QED) is 0.845. The zero-order valence-corrected chi connectivity index (χ0v) is 14.2. The molecule has 0 radical (unpaired) electrons. The van der Waals surface area contributed by atoms with Crippen LogP contribution in [0.25, 0.3) is 15.9 Å². The highest BCUT2D eigenvalue weighted by molar-refractivity contribution is 8.08. The normalized spacial score (nSPS) is 15.0. The van der Waals surface area contributed by atoms with Gasteiger partial charge in [-0.25, -0.2) is 9.97 Å². The molecule has 5 heteroatoms. The van der Waals surface area contributed by atoms with E-state index in [1.54, 1.807) is 18.9 Å². The molecule has 1 aromatic carbocycles. The Morgan fingerprint density at radius 2 is 1.95 bits per heavy atom. The molecule has 3 rings (SSSR count). The average molecular weight is 316 g/mol. The lowest BCUT2D eigenvalue weighted by Crippen LogP contribution is -2.24. The number of ether oxygens (including phenoxy) is 2. The number of benzene rings is 1. The number of hydrogen-bond donors (Lipinski definition) is 0. The van der Waals surface area contributed by atoms with Crippen molar-refractivity contribution in [1.82, 2.24) is 9.97 Å². The van der Waals surface area contributed by atoms with Gasteiger partial charge in [0.25, 0.3) is 0 Å². The highest BCUT2D eigenvalue weighted by atomic mass is 32.2. The van der Waals surface area contributed by atoms with E-state index >= 15 is 0 Å². The van der Waals surface area contributed by atoms with Crippen LogP contribution in [0.2, 0.25) is 0 Å². The van der Waals surface area contributed by atoms with Crippen molar-refractivity contribution in [1.29, 1.82) is 0 Å². The summed E-state index contributed by atoms with van der Waals surface area (Å²) < 4.78 is 11.3. The Morgan fingerprint density at radius 1 is 1.14 bits per heavy atom. The first-order valence-electron chi connectivity index (χ1n) is 7.34. The van der Waals surface area contributed by atoms with Gasteiger partial charge in [-0.1, -0.05) is 6.08 Å². The number of rotatable bonds is 3. The summed E-state index contributed by atoms with van der Waals surface area (Å²) in [6.07, 6.45) is 3.27. The standard InChI is InChI=1S/C17H20N2O2S/c1-17(2,3)21-16-15(14-6-5-9-22-14)18-13-10-11(20-4)7-8-12(13)19-16/h6-8,10H,5,9H2,1-4H3. The van der Waals surface area contributed by atoms with Crippen molar-refractivity contribution in [2.24, 2.45) is 0 Å². The molecule has 116 valence electrons. The first kappa shape index (κ1) is 15.2. The number of fused-ring (bicyclic) bond motifs is 1. The van der Waals surface area contributed by atoms with E-state index in [2.05, 4.69) is 11.1 Å². The molecule has 0 aliphatic carbocycles. The summed E-state index contributed by atoms with van der Waals surface area (Å²) in [6, 6.07) is 5.71. The molecule has 2 aromatic rings. The lowest BCUT2D eigenvalue weighted by molar-refractivity contribution is 0.123. The third kappa shape index (κ3) is 3.19. The van der Waals surface area contributed by atoms with Crippen LogP contribution in [-0.4, -0.2) is 28.4 Å². The van der Waals surface area contributed by atoms with Gasteiger partial charge in [-0.3, -0.25) is 0 Å². The van der Waals surface area contributed by atoms with Crippen molar-refractivity contribution in [2.45, 2.75) is 32.8 Å². The molecule has 4 nitrogen and oxygen atoms in total. The molecule has 22 heavy (non-hydrogen) atoms. The van der Waals surface area contributed by atoms with Crippen LogP contribution in [0.4, 0.5) is 0 Å². The fourth-order valence-electron chi connectivity index (χ4n) is 2.25. The van der Waals surface area contributed by atoms with E-state index in [0.29, 0.717) is 5.88 Å². The van der Waals surface area contributed by atoms with Crippen molar-refractivity contribution in [3.05, 3.63) is 30.0 Å². The zero-order valence-electron chi connectivity index (χ0n) is 13.3. The molecule has 2 heterocycles. The van der Waals surface area contributed by atoms with Gasteiger partial charge < -0.3 is 9.47 Å². The first-order chi connectivity index (χ1) is 10.5. The Bertz CT molecular complexity index is 735. The Hall–Kier alpha value is -1.75. The summed E-state index contributed by atoms with van der Waals surface area (Å²) >= 11 is 1.80. The minimum atomic E-state index is -0.312. The van der Waals surface area contributed by atoms with Crippen LogP contribution in [0.15, 0.2) is 24.3 Å². The van der Waals surface area contributed by atoms with E-state index in [1.165, 1.54) is 0 Å². The van der Waals surface area contributed by atoms with E-state index in [-0.39, 0.29) is 5.60 Å². The SMILES string of the molecule is COc1ccc2nc(OC(C)(C)C)c(C3=CCCS3)nc2c1. The van der Waals surface area contributed by atoms with Crippen molar-refractivity contribution in [3.8, 4) is 11.6 Å². The average Bonchev–Trinajstić information content (AvgIpc) is 2.98. The van der Waals surface area contributed by atoms with Gasteiger partial charge in [0.2, 0.25) is 5.88 Å². The number of aromatic nitrogens is 2. The molecule has 0 atom stereocenters. The molecule has 1 aromatic heterocycles. The van der Waals surface area contributed by atoms with Crippen LogP contribution in [0.1, 0.15) is 32.9 Å². The maximum Gasteiger partial charge on any atom is 0.242 e. The molecule has 1 aliphatic heterocycles. The predicted octanol–water partition coefficient (Wildman–Crippen LogP) is 4.29. The van der Waals surface area contributed by atoms with Gasteiger partial charge in [0.1, 0.15) is 17.0 Å². The van der Waals surface area contributed by atoms with Gasteiger partial charge in [0, 0.05) is 16.7 Å². The van der Waals surface area contributed by atoms with Gasteiger partial charge in [-0.15, -0.1) is 11.8 Å². The molecule has 0 saturated heterocycles. The Balaban J connectivity index is 2.15. The summed E-state index contributed by atoms with van der Waals surface area (Å²) in [5.41, 5.74) is 2.16. The number of methoxy groups -OCH3 is 1. The molecule has 0 amide bonds. The third-order valence-corrected chi connectivity index (χ3v) is 4.29. The second-order valence-electron chi connectivity index (χ2n) is 6.15. The second-order valence-corrected chi connectivity index (χ2v) is 7.29. The van der Waals surface area contributed by atoms with E-state index in [1.807, 2.05) is 39.0 Å². The van der Waals surface area contributed by atoms with Crippen molar-refractivity contribution in [2.75, 3.05) is 12.9 Å². The summed E-state index contributed by atoms with van der Waals surface area (Å²) in [7, 11) is 1.65. The highest BCUT2D eigenvalue weighted by Gasteiger charge is 2.22. The zero-order chi connectivity index (χ0) is 15.7. The maximum absolute atomic E-state index is 6.05. The van der Waals surface area contributed by atoms with Crippen molar-refractivity contribution < 1.29 is 9.47 Å². The van der Waals surface area contributed by atoms with Gasteiger partial charge in [0.05, 0.1) is 18.1 Å². The number of nitrogens with zero attached hydrogens (tertiary/aromatic N) is 2. The monoisotopic (exact) mass is 316 g/mol. The molecule has 0 fully saturated rings. The number of hydrogen-bond acceptors (Lipinski definition) is 5. The lowest BCUT2D eigenvalue weighted by atomic mass is 10.2. The fourth-order valence-corrected chi connectivity index (χ4v) is 3.21. The third-order valence-electron chi connectivity index (χ3n) is 3.18. The predicted molar refractivity (Wildman–Crippen MR) is 91.5 cm³/mol. The largest absolute Gasteiger partial charge is 0.497 e. The van der Waals surface area contributed by atoms with Crippen LogP contribution < -0.4 is 9.47 Å². The van der Waals surface area contributed by atoms with Gasteiger partial charge >= 0.3 is 0 Å². The Labute approximate surface area is 134 Å². The summed E-state index contributed by atoms with van der Waals surface area (Å²) in [5.74, 6) is 2.47. The minimum Gasteiger partial charge on any atom is -0.497 e. The second kappa shape index (κ2) is 5.80. The van der Waals surface area contributed by atoms with Gasteiger partial charge in [0.15, 0.2) is 0 Å². The Kier molecular flexibility index (Phi) is 4.00. The maximum atomic E-state index is 6.05. The molecule has 0 N–H and O–H groups in total. The molecule has 0 bridgehead atoms. The highest BCUT2D eigenvalue weighted by Crippen LogP contribution is 2.38. The summed E-state index contributed by atoms with van der Waals surface area (Å²) in [4.78, 5) is 10.6. The number of thioether (sulfide) groups is 1. The molecule has 0 saturated carbocycles. The topological polar surface area (TPSA) is 44.2 Å². The van der Waals surface area contributed by atoms with Gasteiger partial charge in [-0.2, -0.15) is 0 Å². The van der Waals surface area contributed by atoms with E-state index in [0.717, 1.165) is 39.6 Å². The molecular weight excluding hydrogens is 296 g/mol. The number of allylic oxidation sites excluding steroid dienone is 1. The lowest BCUT2D eigenvalue weighted by Gasteiger charge is -2.22. The van der Waals surface area contributed by atoms with Crippen LogP contribution in [-0.2, 0) is 0 Å². The molecule has 0 spiro atoms. The smallest absolute Gasteiger partial charge is 0.242 e. The molecule has 1 aliphatic rings. The fraction of sp³-hybridized carbons (Fsp3) is 0.412.